The van der Waals surface area contributed by atoms with E-state index in [1.54, 1.807) is 36.4 Å². The Morgan fingerprint density at radius 3 is 1.18 bits per heavy atom. The molecular formula is C51H45IO8. The molecule has 9 heteroatoms. The van der Waals surface area contributed by atoms with Crippen LogP contribution in [0.4, 0.5) is 0 Å². The van der Waals surface area contributed by atoms with Gasteiger partial charge in [0.15, 0.2) is 0 Å². The van der Waals surface area contributed by atoms with Gasteiger partial charge in [0, 0.05) is 35.7 Å². The van der Waals surface area contributed by atoms with E-state index in [1.807, 2.05) is 24.3 Å². The van der Waals surface area contributed by atoms with Gasteiger partial charge in [-0.3, -0.25) is 0 Å². The SMILES string of the molecule is CC(C)(C)CC(C)(C)c1ccc(Oc2cc3c4c(ccc5c6c(Oc7ccc(C(C)(C)CC(C)(C)I)cc7)cc7c8c(ccc(c2c45)c86)C(=O)OC7=O)C(=O)OC3=O)cc1. The molecule has 0 amide bonds. The Bertz CT molecular complexity index is 2790. The van der Waals surface area contributed by atoms with E-state index in [2.05, 4.69) is 109 Å². The quantitative estimate of drug-likeness (QED) is 0.0352. The lowest BCUT2D eigenvalue weighted by Gasteiger charge is -2.33. The predicted molar refractivity (Wildman–Crippen MR) is 243 cm³/mol. The summed E-state index contributed by atoms with van der Waals surface area (Å²) in [5.41, 5.74) is 3.09. The second-order valence-corrected chi connectivity index (χ2v) is 22.3. The fourth-order valence-electron chi connectivity index (χ4n) is 10.0. The minimum Gasteiger partial charge on any atom is -0.457 e. The van der Waals surface area contributed by atoms with Crippen LogP contribution in [-0.2, 0) is 20.3 Å². The van der Waals surface area contributed by atoms with Crippen molar-refractivity contribution in [2.75, 3.05) is 0 Å². The average molecular weight is 913 g/mol. The van der Waals surface area contributed by atoms with Gasteiger partial charge >= 0.3 is 23.9 Å². The van der Waals surface area contributed by atoms with Crippen molar-refractivity contribution in [2.45, 2.75) is 89.4 Å². The lowest BCUT2D eigenvalue weighted by atomic mass is 9.72. The Balaban J connectivity index is 1.30. The smallest absolute Gasteiger partial charge is 0.346 e. The average Bonchev–Trinajstić information content (AvgIpc) is 3.14. The van der Waals surface area contributed by atoms with Gasteiger partial charge in [-0.2, -0.15) is 0 Å². The van der Waals surface area contributed by atoms with Crippen molar-refractivity contribution in [3.63, 3.8) is 0 Å². The third-order valence-electron chi connectivity index (χ3n) is 11.8. The maximum Gasteiger partial charge on any atom is 0.346 e. The van der Waals surface area contributed by atoms with Crippen LogP contribution in [0.25, 0.3) is 43.1 Å². The van der Waals surface area contributed by atoms with Crippen LogP contribution in [0.15, 0.2) is 84.9 Å². The number of cyclic esters (lactones) is 4. The number of esters is 4. The zero-order chi connectivity index (χ0) is 42.8. The van der Waals surface area contributed by atoms with E-state index in [0.717, 1.165) is 24.0 Å². The Labute approximate surface area is 362 Å². The first-order chi connectivity index (χ1) is 28.1. The molecular weight excluding hydrogens is 867 g/mol. The Morgan fingerprint density at radius 1 is 0.450 bits per heavy atom. The molecule has 0 unspecified atom stereocenters. The largest absolute Gasteiger partial charge is 0.457 e. The first kappa shape index (κ1) is 39.9. The van der Waals surface area contributed by atoms with Gasteiger partial charge in [-0.1, -0.05) is 121 Å². The van der Waals surface area contributed by atoms with Crippen molar-refractivity contribution in [2.24, 2.45) is 5.41 Å². The number of hydrogen-bond donors (Lipinski definition) is 0. The number of hydrogen-bond acceptors (Lipinski definition) is 8. The highest BCUT2D eigenvalue weighted by Gasteiger charge is 2.36. The maximum absolute atomic E-state index is 13.6. The number of carbonyl (C=O) groups excluding carboxylic acids is 4. The number of alkyl halides is 1. The third-order valence-corrected chi connectivity index (χ3v) is 12.2. The van der Waals surface area contributed by atoms with Crippen LogP contribution in [0.2, 0.25) is 0 Å². The molecule has 2 aliphatic rings. The molecule has 0 radical (unpaired) electrons. The molecule has 0 saturated carbocycles. The van der Waals surface area contributed by atoms with E-state index in [9.17, 15) is 19.2 Å². The van der Waals surface area contributed by atoms with Gasteiger partial charge in [-0.25, -0.2) is 19.2 Å². The molecule has 7 aromatic rings. The van der Waals surface area contributed by atoms with E-state index in [-0.39, 0.29) is 41.9 Å². The highest BCUT2D eigenvalue weighted by atomic mass is 127. The fraction of sp³-hybridized carbons (Fsp3) is 0.294. The molecule has 9 rings (SSSR count). The number of rotatable bonds is 9. The zero-order valence-corrected chi connectivity index (χ0v) is 37.3. The Morgan fingerprint density at radius 2 is 0.817 bits per heavy atom. The molecule has 60 heavy (non-hydrogen) atoms. The summed E-state index contributed by atoms with van der Waals surface area (Å²) in [5.74, 6) is -1.30. The molecule has 304 valence electrons. The topological polar surface area (TPSA) is 105 Å². The van der Waals surface area contributed by atoms with Crippen LogP contribution in [0.5, 0.6) is 23.0 Å². The van der Waals surface area contributed by atoms with Crippen LogP contribution in [-0.4, -0.2) is 27.3 Å². The summed E-state index contributed by atoms with van der Waals surface area (Å²) in [7, 11) is 0. The van der Waals surface area contributed by atoms with Crippen molar-refractivity contribution in [1.82, 2.24) is 0 Å². The van der Waals surface area contributed by atoms with Gasteiger partial charge in [0.2, 0.25) is 0 Å². The summed E-state index contributed by atoms with van der Waals surface area (Å²) in [6, 6.07) is 26.1. The predicted octanol–water partition coefficient (Wildman–Crippen LogP) is 13.5. The highest BCUT2D eigenvalue weighted by molar-refractivity contribution is 14.1. The first-order valence-corrected chi connectivity index (χ1v) is 21.3. The number of benzene rings is 7. The molecule has 7 aromatic carbocycles. The van der Waals surface area contributed by atoms with Gasteiger partial charge < -0.3 is 18.9 Å². The molecule has 0 aliphatic carbocycles. The Hall–Kier alpha value is -5.55. The summed E-state index contributed by atoms with van der Waals surface area (Å²) < 4.78 is 24.1. The van der Waals surface area contributed by atoms with E-state index in [1.165, 1.54) is 0 Å². The van der Waals surface area contributed by atoms with E-state index < -0.39 is 23.9 Å². The van der Waals surface area contributed by atoms with E-state index in [4.69, 9.17) is 18.9 Å². The van der Waals surface area contributed by atoms with Gasteiger partial charge in [0.25, 0.3) is 0 Å². The van der Waals surface area contributed by atoms with Crippen molar-refractivity contribution >= 4 is 89.6 Å². The van der Waals surface area contributed by atoms with Crippen molar-refractivity contribution in [3.05, 3.63) is 118 Å². The fourth-order valence-corrected chi connectivity index (χ4v) is 11.0. The van der Waals surface area contributed by atoms with Gasteiger partial charge in [0.1, 0.15) is 23.0 Å². The van der Waals surface area contributed by atoms with Crippen molar-refractivity contribution in [3.8, 4) is 23.0 Å². The van der Waals surface area contributed by atoms with Crippen molar-refractivity contribution < 1.29 is 38.1 Å². The van der Waals surface area contributed by atoms with Crippen LogP contribution in [0.3, 0.4) is 0 Å². The Kier molecular flexibility index (Phi) is 8.96. The van der Waals surface area contributed by atoms with Gasteiger partial charge in [-0.15, -0.1) is 0 Å². The van der Waals surface area contributed by atoms with Crippen LogP contribution >= 0.6 is 22.6 Å². The normalized spacial score (nSPS) is 14.7. The summed E-state index contributed by atoms with van der Waals surface area (Å²) in [4.78, 5) is 53.8. The number of fused-ring (bicyclic) bond motifs is 2. The highest BCUT2D eigenvalue weighted by Crippen LogP contribution is 2.53. The minimum absolute atomic E-state index is 0.0929. The molecule has 0 bridgehead atoms. The monoisotopic (exact) mass is 912 g/mol. The van der Waals surface area contributed by atoms with E-state index >= 15 is 0 Å². The summed E-state index contributed by atoms with van der Waals surface area (Å²) in [6.45, 7) is 20.1. The number of halogens is 1. The van der Waals surface area contributed by atoms with Crippen LogP contribution < -0.4 is 9.47 Å². The van der Waals surface area contributed by atoms with E-state index in [0.29, 0.717) is 66.1 Å². The second-order valence-electron chi connectivity index (χ2n) is 19.4. The summed E-state index contributed by atoms with van der Waals surface area (Å²) in [5, 5.41) is 4.52. The molecule has 0 atom stereocenters. The molecule has 2 aliphatic heterocycles. The second kappa shape index (κ2) is 13.5. The third kappa shape index (κ3) is 6.65. The van der Waals surface area contributed by atoms with Crippen LogP contribution in [0, 0.1) is 5.41 Å². The zero-order valence-electron chi connectivity index (χ0n) is 35.1. The maximum atomic E-state index is 13.6. The molecule has 0 spiro atoms. The number of carbonyl (C=O) groups is 4. The van der Waals surface area contributed by atoms with Gasteiger partial charge in [0.05, 0.1) is 22.3 Å². The summed E-state index contributed by atoms with van der Waals surface area (Å²) in [6.07, 6.45) is 1.93. The first-order valence-electron chi connectivity index (χ1n) is 20.2. The summed E-state index contributed by atoms with van der Waals surface area (Å²) >= 11 is 2.48. The molecule has 0 N–H and O–H groups in total. The standard InChI is InChI=1S/C51H45IO8/c1-48(2,3)24-49(4,5)26-10-14-28(15-11-26)57-36-22-34-38-32(44(53)59-46(34)55)21-19-31-41-37(58-29-16-12-27(13-17-29)50(6,7)25-51(8,9)52)23-35-39-33(45(54)60-47(35)56)20-18-30(43(39)41)40(36)42(31)38/h10-23H,24-25H2,1-9H3. The molecule has 0 saturated heterocycles. The van der Waals surface area contributed by atoms with Crippen LogP contribution in [0.1, 0.15) is 128 Å². The molecule has 8 nitrogen and oxygen atoms in total. The minimum atomic E-state index is -0.783. The number of ether oxygens (including phenoxy) is 4. The lowest BCUT2D eigenvalue weighted by molar-refractivity contribution is 0.0373. The van der Waals surface area contributed by atoms with Gasteiger partial charge in [-0.05, 0) is 99.5 Å². The molecule has 0 aromatic heterocycles. The molecule has 2 heterocycles. The van der Waals surface area contributed by atoms with Crippen molar-refractivity contribution in [1.29, 1.82) is 0 Å². The molecule has 0 fully saturated rings. The lowest BCUT2D eigenvalue weighted by Crippen LogP contribution is -2.26.